The number of likely N-dealkylation sites (tertiary alicyclic amines) is 2. The summed E-state index contributed by atoms with van der Waals surface area (Å²) < 4.78 is 0. The van der Waals surface area contributed by atoms with E-state index >= 15 is 0 Å². The number of nitrogens with two attached hydrogens (primary N) is 1. The van der Waals surface area contributed by atoms with Crippen molar-refractivity contribution < 1.29 is 34.5 Å². The van der Waals surface area contributed by atoms with Gasteiger partial charge in [-0.05, 0) is 51.4 Å². The molecule has 0 radical (unpaired) electrons. The van der Waals surface area contributed by atoms with Crippen LogP contribution in [0.25, 0.3) is 0 Å². The average molecular weight is 452 g/mol. The number of amides is 1. The third kappa shape index (κ3) is 7.31. The molecule has 1 aromatic carbocycles. The monoisotopic (exact) mass is 451 g/mol. The molecular formula is C22H33N3O7. The van der Waals surface area contributed by atoms with Crippen molar-refractivity contribution in [2.24, 2.45) is 11.7 Å². The lowest BCUT2D eigenvalue weighted by atomic mass is 9.71. The lowest BCUT2D eigenvalue weighted by molar-refractivity contribution is -0.145. The number of carbonyl (C=O) groups excluding carboxylic acids is 1. The highest BCUT2D eigenvalue weighted by molar-refractivity contribution is 5.89. The molecule has 32 heavy (non-hydrogen) atoms. The van der Waals surface area contributed by atoms with E-state index in [4.69, 9.17) is 25.5 Å². The van der Waals surface area contributed by atoms with Crippen LogP contribution in [-0.4, -0.2) is 89.2 Å². The number of hydrogen-bond acceptors (Lipinski definition) is 6. The van der Waals surface area contributed by atoms with Crippen molar-refractivity contribution in [2.45, 2.75) is 37.1 Å². The van der Waals surface area contributed by atoms with E-state index in [0.717, 1.165) is 31.5 Å². The summed E-state index contributed by atoms with van der Waals surface area (Å²) in [6.07, 6.45) is 2.66. The SMILES string of the molecule is CN1CCC(C(=O)N2C[C@H](N)CC[C@H](C(=O)O)C2)(c2ccccc2)CC1.O=CO.O=CO. The van der Waals surface area contributed by atoms with Gasteiger partial charge in [0.2, 0.25) is 5.91 Å². The Labute approximate surface area is 187 Å². The number of aliphatic carboxylic acids is 1. The lowest BCUT2D eigenvalue weighted by Gasteiger charge is -2.43. The van der Waals surface area contributed by atoms with Gasteiger partial charge in [0.15, 0.2) is 0 Å². The Morgan fingerprint density at radius 2 is 1.56 bits per heavy atom. The highest BCUT2D eigenvalue weighted by atomic mass is 16.4. The van der Waals surface area contributed by atoms with Crippen molar-refractivity contribution in [2.75, 3.05) is 33.2 Å². The molecule has 10 heteroatoms. The first-order valence-corrected chi connectivity index (χ1v) is 10.4. The first-order chi connectivity index (χ1) is 15.2. The molecule has 2 aliphatic rings. The Balaban J connectivity index is 0.000000769. The maximum atomic E-state index is 13.7. The number of rotatable bonds is 3. The van der Waals surface area contributed by atoms with Gasteiger partial charge in [0.05, 0.1) is 11.3 Å². The summed E-state index contributed by atoms with van der Waals surface area (Å²) in [5.41, 5.74) is 6.61. The van der Waals surface area contributed by atoms with Gasteiger partial charge in [-0.2, -0.15) is 0 Å². The van der Waals surface area contributed by atoms with Crippen LogP contribution in [0.1, 0.15) is 31.2 Å². The Morgan fingerprint density at radius 1 is 1.03 bits per heavy atom. The minimum atomic E-state index is -0.839. The van der Waals surface area contributed by atoms with Crippen LogP contribution in [0.4, 0.5) is 0 Å². The Hall–Kier alpha value is -2.98. The minimum absolute atomic E-state index is 0.0420. The van der Waals surface area contributed by atoms with Crippen LogP contribution >= 0.6 is 0 Å². The molecule has 10 nitrogen and oxygen atoms in total. The molecule has 5 N–H and O–H groups in total. The van der Waals surface area contributed by atoms with Crippen molar-refractivity contribution in [1.82, 2.24) is 9.80 Å². The van der Waals surface area contributed by atoms with E-state index in [2.05, 4.69) is 11.9 Å². The summed E-state index contributed by atoms with van der Waals surface area (Å²) in [7, 11) is 2.07. The first-order valence-electron chi connectivity index (χ1n) is 10.4. The summed E-state index contributed by atoms with van der Waals surface area (Å²) in [6, 6.07) is 9.78. The topological polar surface area (TPSA) is 161 Å². The number of benzene rings is 1. The maximum Gasteiger partial charge on any atom is 0.308 e. The van der Waals surface area contributed by atoms with E-state index in [9.17, 15) is 14.7 Å². The van der Waals surface area contributed by atoms with Crippen LogP contribution in [0.2, 0.25) is 0 Å². The lowest BCUT2D eigenvalue weighted by Crippen LogP contribution is -2.54. The van der Waals surface area contributed by atoms with Crippen molar-refractivity contribution >= 4 is 24.8 Å². The van der Waals surface area contributed by atoms with E-state index in [1.165, 1.54) is 0 Å². The largest absolute Gasteiger partial charge is 0.483 e. The van der Waals surface area contributed by atoms with E-state index in [0.29, 0.717) is 19.4 Å². The summed E-state index contributed by atoms with van der Waals surface area (Å²) in [4.78, 5) is 46.0. The zero-order chi connectivity index (χ0) is 24.1. The molecule has 1 amide bonds. The fourth-order valence-corrected chi connectivity index (χ4v) is 4.27. The average Bonchev–Trinajstić information content (AvgIpc) is 2.98. The molecule has 3 rings (SSSR count). The number of carbonyl (C=O) groups is 4. The second-order valence-electron chi connectivity index (χ2n) is 8.04. The second kappa shape index (κ2) is 13.4. The molecule has 1 aromatic rings. The molecule has 2 heterocycles. The van der Waals surface area contributed by atoms with Crippen molar-refractivity contribution in [3.63, 3.8) is 0 Å². The molecule has 2 aliphatic heterocycles. The smallest absolute Gasteiger partial charge is 0.308 e. The predicted molar refractivity (Wildman–Crippen MR) is 117 cm³/mol. The predicted octanol–water partition coefficient (Wildman–Crippen LogP) is 0.702. The second-order valence-corrected chi connectivity index (χ2v) is 8.04. The molecule has 0 bridgehead atoms. The van der Waals surface area contributed by atoms with Crippen LogP contribution in [0.15, 0.2) is 30.3 Å². The zero-order valence-electron chi connectivity index (χ0n) is 18.3. The molecular weight excluding hydrogens is 418 g/mol. The Bertz CT molecular complexity index is 730. The van der Waals surface area contributed by atoms with E-state index in [1.807, 2.05) is 30.3 Å². The molecule has 2 fully saturated rings. The number of carboxylic acid groups (broad SMARTS) is 3. The highest BCUT2D eigenvalue weighted by Gasteiger charge is 2.45. The standard InChI is InChI=1S/C20H29N3O3.2CH2O2/c1-22-11-9-20(10-12-22,16-5-3-2-4-6-16)19(26)23-13-15(18(24)25)7-8-17(21)14-23;2*2-1-3/h2-6,15,17H,7-14,21H2,1H3,(H,24,25);2*1H,(H,2,3)/t15-,17+;;/m0../s1. The van der Waals surface area contributed by atoms with Gasteiger partial charge in [-0.25, -0.2) is 0 Å². The third-order valence-electron chi connectivity index (χ3n) is 5.99. The number of carboxylic acids is 1. The fraction of sp³-hybridized carbons (Fsp3) is 0.545. The summed E-state index contributed by atoms with van der Waals surface area (Å²) in [6.45, 7) is 1.89. The normalized spacial score (nSPS) is 22.6. The molecule has 0 unspecified atom stereocenters. The van der Waals surface area contributed by atoms with Gasteiger partial charge in [-0.15, -0.1) is 0 Å². The van der Waals surface area contributed by atoms with Gasteiger partial charge >= 0.3 is 5.97 Å². The summed E-state index contributed by atoms with van der Waals surface area (Å²) in [5.74, 6) is -1.33. The molecule has 2 saturated heterocycles. The van der Waals surface area contributed by atoms with Crippen LogP contribution < -0.4 is 5.73 Å². The van der Waals surface area contributed by atoms with Gasteiger partial charge in [0.1, 0.15) is 0 Å². The van der Waals surface area contributed by atoms with Crippen LogP contribution in [0.5, 0.6) is 0 Å². The summed E-state index contributed by atoms with van der Waals surface area (Å²) >= 11 is 0. The fourth-order valence-electron chi connectivity index (χ4n) is 4.27. The van der Waals surface area contributed by atoms with Crippen LogP contribution in [0.3, 0.4) is 0 Å². The highest BCUT2D eigenvalue weighted by Crippen LogP contribution is 2.38. The number of hydrogen-bond donors (Lipinski definition) is 4. The molecule has 2 atom stereocenters. The quantitative estimate of drug-likeness (QED) is 0.485. The zero-order valence-corrected chi connectivity index (χ0v) is 18.3. The van der Waals surface area contributed by atoms with Gasteiger partial charge in [-0.1, -0.05) is 30.3 Å². The van der Waals surface area contributed by atoms with Crippen molar-refractivity contribution in [3.05, 3.63) is 35.9 Å². The van der Waals surface area contributed by atoms with E-state index in [-0.39, 0.29) is 31.4 Å². The Kier molecular flexibility index (Phi) is 11.4. The minimum Gasteiger partial charge on any atom is -0.483 e. The summed E-state index contributed by atoms with van der Waals surface area (Å²) in [5, 5.41) is 23.3. The van der Waals surface area contributed by atoms with E-state index < -0.39 is 17.3 Å². The molecule has 0 saturated carbocycles. The molecule has 0 aromatic heterocycles. The molecule has 178 valence electrons. The number of nitrogens with zero attached hydrogens (tertiary/aromatic N) is 2. The van der Waals surface area contributed by atoms with Gasteiger partial charge in [0, 0.05) is 19.1 Å². The van der Waals surface area contributed by atoms with Crippen LogP contribution in [-0.2, 0) is 24.6 Å². The Morgan fingerprint density at radius 3 is 2.06 bits per heavy atom. The molecule has 0 aliphatic carbocycles. The van der Waals surface area contributed by atoms with E-state index in [1.54, 1.807) is 4.90 Å². The maximum absolute atomic E-state index is 13.7. The number of piperidine rings is 1. The van der Waals surface area contributed by atoms with Gasteiger partial charge in [-0.3, -0.25) is 19.2 Å². The van der Waals surface area contributed by atoms with Crippen molar-refractivity contribution in [1.29, 1.82) is 0 Å². The molecule has 0 spiro atoms. The van der Waals surface area contributed by atoms with Gasteiger partial charge in [0.25, 0.3) is 12.9 Å². The van der Waals surface area contributed by atoms with Crippen molar-refractivity contribution in [3.8, 4) is 0 Å². The third-order valence-corrected chi connectivity index (χ3v) is 5.99. The first kappa shape index (κ1) is 27.1. The van der Waals surface area contributed by atoms with Gasteiger partial charge < -0.3 is 30.9 Å². The van der Waals surface area contributed by atoms with Crippen LogP contribution in [0, 0.1) is 5.92 Å².